The van der Waals surface area contributed by atoms with E-state index in [2.05, 4.69) is 32.2 Å². The largest absolute Gasteiger partial charge is 0.489 e. The molecule has 0 aromatic heterocycles. The summed E-state index contributed by atoms with van der Waals surface area (Å²) < 4.78 is 6.06. The first-order valence-corrected chi connectivity index (χ1v) is 9.28. The lowest BCUT2D eigenvalue weighted by Gasteiger charge is -2.29. The van der Waals surface area contributed by atoms with Gasteiger partial charge in [0.25, 0.3) is 0 Å². The number of aryl methyl sites for hydroxylation is 1. The Morgan fingerprint density at radius 2 is 1.96 bits per heavy atom. The van der Waals surface area contributed by atoms with Crippen LogP contribution in [0, 0.1) is 5.92 Å². The van der Waals surface area contributed by atoms with Crippen molar-refractivity contribution in [3.05, 3.63) is 29.8 Å². The highest BCUT2D eigenvalue weighted by Gasteiger charge is 2.26. The molecule has 5 heteroatoms. The van der Waals surface area contributed by atoms with E-state index in [4.69, 9.17) is 9.84 Å². The van der Waals surface area contributed by atoms with E-state index in [0.29, 0.717) is 13.1 Å². The second kappa shape index (κ2) is 11.1. The van der Waals surface area contributed by atoms with Crippen LogP contribution in [0.5, 0.6) is 5.75 Å². The number of hydrogen-bond donors (Lipinski definition) is 2. The van der Waals surface area contributed by atoms with Crippen molar-refractivity contribution in [3.8, 4) is 5.75 Å². The molecule has 0 radical (unpaired) electrons. The number of para-hydroxylation sites is 1. The van der Waals surface area contributed by atoms with Gasteiger partial charge in [0.15, 0.2) is 0 Å². The number of carbonyl (C=O) groups excluding carboxylic acids is 1. The number of aliphatic hydroxyl groups is 1. The van der Waals surface area contributed by atoms with Crippen molar-refractivity contribution < 1.29 is 14.6 Å². The molecule has 25 heavy (non-hydrogen) atoms. The van der Waals surface area contributed by atoms with E-state index in [1.807, 2.05) is 25.1 Å². The van der Waals surface area contributed by atoms with E-state index in [0.717, 1.165) is 18.6 Å². The maximum absolute atomic E-state index is 12.6. The summed E-state index contributed by atoms with van der Waals surface area (Å²) in [5.74, 6) is 1.14. The molecule has 1 aromatic rings. The maximum atomic E-state index is 12.6. The molecule has 1 aromatic carbocycles. The van der Waals surface area contributed by atoms with E-state index >= 15 is 0 Å². The number of ether oxygens (including phenoxy) is 1. The molecule has 0 saturated heterocycles. The molecule has 2 N–H and O–H groups in total. The minimum Gasteiger partial charge on any atom is -0.489 e. The molecular weight excluding hydrogens is 316 g/mol. The third-order valence-electron chi connectivity index (χ3n) is 4.60. The van der Waals surface area contributed by atoms with Gasteiger partial charge in [0, 0.05) is 20.1 Å². The van der Waals surface area contributed by atoms with Crippen LogP contribution in [-0.2, 0) is 11.2 Å². The summed E-state index contributed by atoms with van der Waals surface area (Å²) in [7, 11) is 1.73. The fourth-order valence-electron chi connectivity index (χ4n) is 2.73. The van der Waals surface area contributed by atoms with Gasteiger partial charge in [-0.15, -0.1) is 0 Å². The number of benzene rings is 1. The zero-order valence-electron chi connectivity index (χ0n) is 16.3. The number of likely N-dealkylation sites (N-methyl/N-ethyl adjacent to an activating group) is 1. The summed E-state index contributed by atoms with van der Waals surface area (Å²) in [4.78, 5) is 14.2. The minimum atomic E-state index is -0.269. The van der Waals surface area contributed by atoms with E-state index in [1.54, 1.807) is 11.9 Å². The molecule has 0 spiro atoms. The first-order chi connectivity index (χ1) is 11.9. The average molecular weight is 351 g/mol. The normalized spacial score (nSPS) is 14.6. The lowest BCUT2D eigenvalue weighted by molar-refractivity contribution is -0.134. The monoisotopic (exact) mass is 350 g/mol. The second-order valence-electron chi connectivity index (χ2n) is 6.64. The van der Waals surface area contributed by atoms with Crippen LogP contribution in [0.25, 0.3) is 0 Å². The van der Waals surface area contributed by atoms with E-state index in [-0.39, 0.29) is 30.6 Å². The summed E-state index contributed by atoms with van der Waals surface area (Å²) >= 11 is 0. The molecule has 2 unspecified atom stereocenters. The van der Waals surface area contributed by atoms with Crippen LogP contribution in [0.1, 0.15) is 39.7 Å². The smallest absolute Gasteiger partial charge is 0.239 e. The van der Waals surface area contributed by atoms with Gasteiger partial charge in [-0.2, -0.15) is 0 Å². The third-order valence-corrected chi connectivity index (χ3v) is 4.60. The van der Waals surface area contributed by atoms with Gasteiger partial charge in [0.1, 0.15) is 11.9 Å². The SMILES string of the molecule is CCc1ccccc1O[C@H](C)CNC(C(=O)N(C)CCO)C(C)CC. The number of aliphatic hydroxyl groups excluding tert-OH is 1. The molecule has 3 atom stereocenters. The molecule has 0 bridgehead atoms. The molecular formula is C20H34N2O3. The van der Waals surface area contributed by atoms with Crippen LogP contribution in [0.2, 0.25) is 0 Å². The van der Waals surface area contributed by atoms with Crippen LogP contribution < -0.4 is 10.1 Å². The van der Waals surface area contributed by atoms with Crippen LogP contribution >= 0.6 is 0 Å². The third kappa shape index (κ3) is 6.67. The molecule has 0 heterocycles. The van der Waals surface area contributed by atoms with Crippen molar-refractivity contribution in [1.82, 2.24) is 10.2 Å². The molecule has 1 rings (SSSR count). The zero-order valence-corrected chi connectivity index (χ0v) is 16.3. The Bertz CT molecular complexity index is 521. The summed E-state index contributed by atoms with van der Waals surface area (Å²) in [6.07, 6.45) is 1.79. The van der Waals surface area contributed by atoms with Crippen molar-refractivity contribution >= 4 is 5.91 Å². The summed E-state index contributed by atoms with van der Waals surface area (Å²) in [6.45, 7) is 9.18. The molecule has 0 aliphatic rings. The predicted octanol–water partition coefficient (Wildman–Crippen LogP) is 2.47. The van der Waals surface area contributed by atoms with Crippen molar-refractivity contribution in [2.75, 3.05) is 26.7 Å². The lowest BCUT2D eigenvalue weighted by Crippen LogP contribution is -2.51. The van der Waals surface area contributed by atoms with E-state index in [9.17, 15) is 4.79 Å². The highest BCUT2D eigenvalue weighted by Crippen LogP contribution is 2.19. The summed E-state index contributed by atoms with van der Waals surface area (Å²) in [6, 6.07) is 7.79. The van der Waals surface area contributed by atoms with Crippen LogP contribution in [0.4, 0.5) is 0 Å². The Labute approximate surface area is 152 Å². The number of nitrogens with zero attached hydrogens (tertiary/aromatic N) is 1. The molecule has 5 nitrogen and oxygen atoms in total. The topological polar surface area (TPSA) is 61.8 Å². The molecule has 0 saturated carbocycles. The fraction of sp³-hybridized carbons (Fsp3) is 0.650. The molecule has 1 amide bonds. The number of hydrogen-bond acceptors (Lipinski definition) is 4. The molecule has 0 fully saturated rings. The molecule has 142 valence electrons. The first-order valence-electron chi connectivity index (χ1n) is 9.28. The average Bonchev–Trinajstić information content (AvgIpc) is 2.61. The van der Waals surface area contributed by atoms with Crippen LogP contribution in [0.3, 0.4) is 0 Å². The number of carbonyl (C=O) groups is 1. The molecule has 0 aliphatic heterocycles. The van der Waals surface area contributed by atoms with Gasteiger partial charge in [0.05, 0.1) is 12.6 Å². The van der Waals surface area contributed by atoms with E-state index < -0.39 is 0 Å². The van der Waals surface area contributed by atoms with Gasteiger partial charge in [-0.1, -0.05) is 45.4 Å². The van der Waals surface area contributed by atoms with Crippen molar-refractivity contribution in [3.63, 3.8) is 0 Å². The second-order valence-corrected chi connectivity index (χ2v) is 6.64. The maximum Gasteiger partial charge on any atom is 0.239 e. The van der Waals surface area contributed by atoms with Gasteiger partial charge in [-0.05, 0) is 30.9 Å². The van der Waals surface area contributed by atoms with Gasteiger partial charge in [-0.3, -0.25) is 4.79 Å². The Kier molecular flexibility index (Phi) is 9.53. The van der Waals surface area contributed by atoms with E-state index in [1.165, 1.54) is 5.56 Å². The Hall–Kier alpha value is -1.59. The summed E-state index contributed by atoms with van der Waals surface area (Å²) in [5, 5.41) is 12.4. The van der Waals surface area contributed by atoms with Gasteiger partial charge in [0.2, 0.25) is 5.91 Å². The Morgan fingerprint density at radius 1 is 1.28 bits per heavy atom. The number of amides is 1. The quantitative estimate of drug-likeness (QED) is 0.644. The summed E-state index contributed by atoms with van der Waals surface area (Å²) in [5.41, 5.74) is 1.19. The lowest BCUT2D eigenvalue weighted by atomic mass is 9.97. The van der Waals surface area contributed by atoms with Gasteiger partial charge in [-0.25, -0.2) is 0 Å². The highest BCUT2D eigenvalue weighted by molar-refractivity contribution is 5.82. The van der Waals surface area contributed by atoms with Crippen molar-refractivity contribution in [2.45, 2.75) is 52.7 Å². The Balaban J connectivity index is 2.67. The molecule has 0 aliphatic carbocycles. The number of rotatable bonds is 11. The number of nitrogens with one attached hydrogen (secondary N) is 1. The van der Waals surface area contributed by atoms with Crippen molar-refractivity contribution in [1.29, 1.82) is 0 Å². The fourth-order valence-corrected chi connectivity index (χ4v) is 2.73. The minimum absolute atomic E-state index is 0.0181. The van der Waals surface area contributed by atoms with Crippen molar-refractivity contribution in [2.24, 2.45) is 5.92 Å². The Morgan fingerprint density at radius 3 is 2.56 bits per heavy atom. The van der Waals surface area contributed by atoms with Crippen LogP contribution in [-0.4, -0.2) is 54.8 Å². The van der Waals surface area contributed by atoms with Gasteiger partial charge < -0.3 is 20.1 Å². The van der Waals surface area contributed by atoms with Gasteiger partial charge >= 0.3 is 0 Å². The van der Waals surface area contributed by atoms with Crippen LogP contribution in [0.15, 0.2) is 24.3 Å². The zero-order chi connectivity index (χ0) is 18.8. The first kappa shape index (κ1) is 21.5. The predicted molar refractivity (Wildman–Crippen MR) is 102 cm³/mol. The standard InChI is InChI=1S/C20H34N2O3/c1-6-15(3)19(20(24)22(5)12-13-23)21-14-16(4)25-18-11-9-8-10-17(18)7-2/h8-11,15-16,19,21,23H,6-7,12-14H2,1-5H3/t15?,16-,19?/m1/s1. The highest BCUT2D eigenvalue weighted by atomic mass is 16.5.